The van der Waals surface area contributed by atoms with Gasteiger partial charge in [-0.25, -0.2) is 4.98 Å². The zero-order valence-corrected chi connectivity index (χ0v) is 13.3. The lowest BCUT2D eigenvalue weighted by molar-refractivity contribution is 0.0534. The fourth-order valence-electron chi connectivity index (χ4n) is 2.14. The zero-order chi connectivity index (χ0) is 15.1. The molecule has 0 amide bonds. The standard InChI is InChI=1S/C16H26N2O3/c1-12-10-13(2)18-16(15(12)11-17-14-4-5-14)21-9-8-20-7-6-19-3/h10,14,17H,4-9,11H2,1-3H3. The zero-order valence-electron chi connectivity index (χ0n) is 13.3. The van der Waals surface area contributed by atoms with Gasteiger partial charge in [-0.3, -0.25) is 0 Å². The van der Waals surface area contributed by atoms with E-state index in [1.165, 1.54) is 18.4 Å². The van der Waals surface area contributed by atoms with Crippen LogP contribution in [0.25, 0.3) is 0 Å². The minimum atomic E-state index is 0.510. The number of methoxy groups -OCH3 is 1. The Kier molecular flexibility index (Phi) is 6.42. The smallest absolute Gasteiger partial charge is 0.218 e. The summed E-state index contributed by atoms with van der Waals surface area (Å²) in [5.74, 6) is 0.732. The fraction of sp³-hybridized carbons (Fsp3) is 0.688. The molecule has 1 fully saturated rings. The molecule has 21 heavy (non-hydrogen) atoms. The molecule has 1 aromatic heterocycles. The van der Waals surface area contributed by atoms with E-state index in [4.69, 9.17) is 14.2 Å². The lowest BCUT2D eigenvalue weighted by atomic mass is 10.1. The lowest BCUT2D eigenvalue weighted by Crippen LogP contribution is -2.18. The first-order chi connectivity index (χ1) is 10.2. The quantitative estimate of drug-likeness (QED) is 0.669. The second-order valence-corrected chi connectivity index (χ2v) is 5.47. The molecule has 1 aliphatic rings. The first kappa shape index (κ1) is 16.2. The Morgan fingerprint density at radius 3 is 2.67 bits per heavy atom. The molecule has 0 aliphatic heterocycles. The third-order valence-corrected chi connectivity index (χ3v) is 3.48. The van der Waals surface area contributed by atoms with Gasteiger partial charge in [0.05, 0.1) is 19.8 Å². The van der Waals surface area contributed by atoms with E-state index >= 15 is 0 Å². The number of hydrogen-bond acceptors (Lipinski definition) is 5. The van der Waals surface area contributed by atoms with Crippen LogP contribution in [0.1, 0.15) is 29.7 Å². The van der Waals surface area contributed by atoms with Crippen molar-refractivity contribution in [3.8, 4) is 5.88 Å². The Balaban J connectivity index is 1.86. The number of aryl methyl sites for hydroxylation is 2. The van der Waals surface area contributed by atoms with Crippen LogP contribution >= 0.6 is 0 Å². The summed E-state index contributed by atoms with van der Waals surface area (Å²) in [5, 5.41) is 3.52. The molecule has 0 bridgehead atoms. The van der Waals surface area contributed by atoms with Crippen LogP contribution in [-0.2, 0) is 16.0 Å². The number of nitrogens with zero attached hydrogens (tertiary/aromatic N) is 1. The highest BCUT2D eigenvalue weighted by molar-refractivity contribution is 5.36. The Morgan fingerprint density at radius 1 is 1.19 bits per heavy atom. The largest absolute Gasteiger partial charge is 0.475 e. The van der Waals surface area contributed by atoms with Gasteiger partial charge < -0.3 is 19.5 Å². The van der Waals surface area contributed by atoms with Crippen molar-refractivity contribution in [2.45, 2.75) is 39.3 Å². The molecule has 1 heterocycles. The summed E-state index contributed by atoms with van der Waals surface area (Å²) < 4.78 is 16.2. The molecule has 0 atom stereocenters. The summed E-state index contributed by atoms with van der Waals surface area (Å²) in [6.07, 6.45) is 2.56. The summed E-state index contributed by atoms with van der Waals surface area (Å²) in [4.78, 5) is 4.52. The summed E-state index contributed by atoms with van der Waals surface area (Å²) in [7, 11) is 1.67. The normalized spacial score (nSPS) is 14.4. The minimum Gasteiger partial charge on any atom is -0.475 e. The van der Waals surface area contributed by atoms with Gasteiger partial charge in [0.2, 0.25) is 5.88 Å². The molecule has 5 nitrogen and oxygen atoms in total. The Hall–Kier alpha value is -1.17. The van der Waals surface area contributed by atoms with Gasteiger partial charge in [0, 0.05) is 31.0 Å². The number of pyridine rings is 1. The topological polar surface area (TPSA) is 52.6 Å². The second kappa shape index (κ2) is 8.32. The Labute approximate surface area is 127 Å². The maximum Gasteiger partial charge on any atom is 0.218 e. The molecule has 1 aliphatic carbocycles. The number of aromatic nitrogens is 1. The van der Waals surface area contributed by atoms with Crippen molar-refractivity contribution in [2.75, 3.05) is 33.5 Å². The van der Waals surface area contributed by atoms with Crippen LogP contribution in [0.15, 0.2) is 6.07 Å². The van der Waals surface area contributed by atoms with E-state index < -0.39 is 0 Å². The predicted molar refractivity (Wildman–Crippen MR) is 81.8 cm³/mol. The van der Waals surface area contributed by atoms with Crippen LogP contribution in [0.2, 0.25) is 0 Å². The maximum atomic E-state index is 5.81. The van der Waals surface area contributed by atoms with Gasteiger partial charge in [0.25, 0.3) is 0 Å². The highest BCUT2D eigenvalue weighted by atomic mass is 16.5. The van der Waals surface area contributed by atoms with E-state index in [-0.39, 0.29) is 0 Å². The molecular weight excluding hydrogens is 268 g/mol. The van der Waals surface area contributed by atoms with Gasteiger partial charge in [0.1, 0.15) is 6.61 Å². The van der Waals surface area contributed by atoms with E-state index in [2.05, 4.69) is 23.3 Å². The Morgan fingerprint density at radius 2 is 1.95 bits per heavy atom. The molecule has 118 valence electrons. The fourth-order valence-corrected chi connectivity index (χ4v) is 2.14. The van der Waals surface area contributed by atoms with E-state index in [1.807, 2.05) is 6.92 Å². The van der Waals surface area contributed by atoms with Crippen LogP contribution in [0, 0.1) is 13.8 Å². The molecule has 0 unspecified atom stereocenters. The van der Waals surface area contributed by atoms with Gasteiger partial charge in [-0.2, -0.15) is 0 Å². The molecule has 0 spiro atoms. The molecule has 1 saturated carbocycles. The SMILES string of the molecule is COCCOCCOc1nc(C)cc(C)c1CNC1CC1. The molecule has 0 saturated heterocycles. The van der Waals surface area contributed by atoms with Crippen LogP contribution in [0.5, 0.6) is 5.88 Å². The number of rotatable bonds is 10. The van der Waals surface area contributed by atoms with Crippen molar-refractivity contribution in [1.29, 1.82) is 0 Å². The van der Waals surface area contributed by atoms with Gasteiger partial charge in [0.15, 0.2) is 0 Å². The van der Waals surface area contributed by atoms with Crippen molar-refractivity contribution < 1.29 is 14.2 Å². The minimum absolute atomic E-state index is 0.510. The molecule has 1 aromatic rings. The van der Waals surface area contributed by atoms with Crippen molar-refractivity contribution in [3.63, 3.8) is 0 Å². The molecule has 0 radical (unpaired) electrons. The van der Waals surface area contributed by atoms with Gasteiger partial charge in [-0.1, -0.05) is 0 Å². The first-order valence-corrected chi connectivity index (χ1v) is 7.60. The van der Waals surface area contributed by atoms with E-state index in [1.54, 1.807) is 7.11 Å². The Bertz CT molecular complexity index is 447. The van der Waals surface area contributed by atoms with E-state index in [0.717, 1.165) is 23.7 Å². The number of ether oxygens (including phenoxy) is 3. The van der Waals surface area contributed by atoms with Crippen LogP contribution < -0.4 is 10.1 Å². The molecule has 2 rings (SSSR count). The molecule has 5 heteroatoms. The van der Waals surface area contributed by atoms with Gasteiger partial charge in [-0.15, -0.1) is 0 Å². The highest BCUT2D eigenvalue weighted by Gasteiger charge is 2.21. The molecule has 1 N–H and O–H groups in total. The van der Waals surface area contributed by atoms with Gasteiger partial charge >= 0.3 is 0 Å². The predicted octanol–water partition coefficient (Wildman–Crippen LogP) is 1.99. The van der Waals surface area contributed by atoms with E-state index in [0.29, 0.717) is 32.5 Å². The van der Waals surface area contributed by atoms with Crippen LogP contribution in [0.4, 0.5) is 0 Å². The van der Waals surface area contributed by atoms with Crippen molar-refractivity contribution >= 4 is 0 Å². The summed E-state index contributed by atoms with van der Waals surface area (Å²) in [6, 6.07) is 2.78. The third kappa shape index (κ3) is 5.61. The average Bonchev–Trinajstić information content (AvgIpc) is 3.25. The van der Waals surface area contributed by atoms with Crippen LogP contribution in [0.3, 0.4) is 0 Å². The number of nitrogens with one attached hydrogen (secondary N) is 1. The highest BCUT2D eigenvalue weighted by Crippen LogP contribution is 2.24. The number of hydrogen-bond donors (Lipinski definition) is 1. The molecular formula is C16H26N2O3. The third-order valence-electron chi connectivity index (χ3n) is 3.48. The lowest BCUT2D eigenvalue weighted by Gasteiger charge is -2.14. The monoisotopic (exact) mass is 294 g/mol. The average molecular weight is 294 g/mol. The maximum absolute atomic E-state index is 5.81. The van der Waals surface area contributed by atoms with Crippen molar-refractivity contribution in [1.82, 2.24) is 10.3 Å². The first-order valence-electron chi connectivity index (χ1n) is 7.60. The van der Waals surface area contributed by atoms with Crippen LogP contribution in [-0.4, -0.2) is 44.6 Å². The summed E-state index contributed by atoms with van der Waals surface area (Å²) in [5.41, 5.74) is 3.37. The van der Waals surface area contributed by atoms with Gasteiger partial charge in [-0.05, 0) is 38.3 Å². The van der Waals surface area contributed by atoms with Crippen molar-refractivity contribution in [3.05, 3.63) is 22.9 Å². The van der Waals surface area contributed by atoms with E-state index in [9.17, 15) is 0 Å². The molecule has 0 aromatic carbocycles. The second-order valence-electron chi connectivity index (χ2n) is 5.47. The summed E-state index contributed by atoms with van der Waals surface area (Å²) >= 11 is 0. The summed E-state index contributed by atoms with van der Waals surface area (Å²) in [6.45, 7) is 7.19. The van der Waals surface area contributed by atoms with Crippen molar-refractivity contribution in [2.24, 2.45) is 0 Å².